The van der Waals surface area contributed by atoms with Gasteiger partial charge in [-0.3, -0.25) is 0 Å². The van der Waals surface area contributed by atoms with E-state index < -0.39 is 11.9 Å². The Balaban J connectivity index is 2.03. The van der Waals surface area contributed by atoms with Crippen LogP contribution >= 0.6 is 0 Å². The van der Waals surface area contributed by atoms with Gasteiger partial charge < -0.3 is 14.2 Å². The lowest BCUT2D eigenvalue weighted by Crippen LogP contribution is -2.14. The number of hydrogen-bond acceptors (Lipinski definition) is 5. The molecule has 0 unspecified atom stereocenters. The van der Waals surface area contributed by atoms with E-state index in [9.17, 15) is 9.59 Å². The molecule has 0 aliphatic heterocycles. The molecular weight excluding hydrogens is 332 g/mol. The molecule has 0 radical (unpaired) electrons. The summed E-state index contributed by atoms with van der Waals surface area (Å²) >= 11 is 0. The molecular formula is C21H24O5. The van der Waals surface area contributed by atoms with E-state index >= 15 is 0 Å². The molecule has 0 aromatic heterocycles. The molecule has 138 valence electrons. The van der Waals surface area contributed by atoms with E-state index in [1.54, 1.807) is 37.4 Å². The molecule has 5 nitrogen and oxygen atoms in total. The first-order chi connectivity index (χ1) is 12.7. The molecule has 0 heterocycles. The Morgan fingerprint density at radius 2 is 1.46 bits per heavy atom. The van der Waals surface area contributed by atoms with Crippen LogP contribution in [-0.4, -0.2) is 25.7 Å². The number of rotatable bonds is 9. The van der Waals surface area contributed by atoms with Gasteiger partial charge in [-0.1, -0.05) is 50.1 Å². The van der Waals surface area contributed by atoms with Crippen molar-refractivity contribution in [3.8, 4) is 5.75 Å². The number of methoxy groups -OCH3 is 1. The highest BCUT2D eigenvalue weighted by atomic mass is 16.5. The van der Waals surface area contributed by atoms with E-state index in [1.807, 2.05) is 18.2 Å². The molecule has 26 heavy (non-hydrogen) atoms. The second-order valence-corrected chi connectivity index (χ2v) is 5.78. The Morgan fingerprint density at radius 1 is 0.846 bits per heavy atom. The lowest BCUT2D eigenvalue weighted by Gasteiger charge is -2.11. The van der Waals surface area contributed by atoms with Gasteiger partial charge in [0.1, 0.15) is 12.4 Å². The van der Waals surface area contributed by atoms with Crippen LogP contribution in [0.15, 0.2) is 48.5 Å². The predicted octanol–water partition coefficient (Wildman–Crippen LogP) is 4.40. The predicted molar refractivity (Wildman–Crippen MR) is 98.4 cm³/mol. The minimum atomic E-state index is -0.572. The summed E-state index contributed by atoms with van der Waals surface area (Å²) in [5.41, 5.74) is 1.17. The van der Waals surface area contributed by atoms with Gasteiger partial charge in [0.05, 0.1) is 24.8 Å². The number of carbonyl (C=O) groups excluding carboxylic acids is 2. The summed E-state index contributed by atoms with van der Waals surface area (Å²) in [4.78, 5) is 24.7. The highest BCUT2D eigenvalue weighted by molar-refractivity contribution is 6.03. The zero-order valence-electron chi connectivity index (χ0n) is 15.2. The number of ether oxygens (including phenoxy) is 3. The van der Waals surface area contributed by atoms with Crippen LogP contribution < -0.4 is 4.74 Å². The van der Waals surface area contributed by atoms with Crippen LogP contribution in [0.1, 0.15) is 52.5 Å². The average Bonchev–Trinajstić information content (AvgIpc) is 2.69. The normalized spacial score (nSPS) is 10.2. The van der Waals surface area contributed by atoms with Crippen molar-refractivity contribution in [3.63, 3.8) is 0 Å². The second-order valence-electron chi connectivity index (χ2n) is 5.78. The Bertz CT molecular complexity index is 739. The van der Waals surface area contributed by atoms with Gasteiger partial charge >= 0.3 is 11.9 Å². The fourth-order valence-corrected chi connectivity index (χ4v) is 2.48. The van der Waals surface area contributed by atoms with Gasteiger partial charge in [0, 0.05) is 5.56 Å². The number of carbonyl (C=O) groups is 2. The van der Waals surface area contributed by atoms with E-state index in [0.29, 0.717) is 12.4 Å². The van der Waals surface area contributed by atoms with Crippen molar-refractivity contribution in [2.45, 2.75) is 32.8 Å². The number of benzene rings is 2. The third-order valence-electron chi connectivity index (χ3n) is 3.90. The number of esters is 2. The molecule has 0 fully saturated rings. The van der Waals surface area contributed by atoms with E-state index in [4.69, 9.17) is 14.2 Å². The van der Waals surface area contributed by atoms with Crippen LogP contribution in [0.2, 0.25) is 0 Å². The molecule has 0 aliphatic rings. The van der Waals surface area contributed by atoms with Crippen molar-refractivity contribution in [2.24, 2.45) is 0 Å². The van der Waals surface area contributed by atoms with Gasteiger partial charge in [0.25, 0.3) is 0 Å². The molecule has 0 atom stereocenters. The van der Waals surface area contributed by atoms with Gasteiger partial charge in [-0.15, -0.1) is 0 Å². The first-order valence-electron chi connectivity index (χ1n) is 8.72. The summed E-state index contributed by atoms with van der Waals surface area (Å²) in [5.74, 6) is -0.438. The van der Waals surface area contributed by atoms with Crippen molar-refractivity contribution in [1.29, 1.82) is 0 Å². The Morgan fingerprint density at radius 3 is 2.12 bits per heavy atom. The van der Waals surface area contributed by atoms with Gasteiger partial charge in [0.15, 0.2) is 0 Å². The summed E-state index contributed by atoms with van der Waals surface area (Å²) in [6.07, 6.45) is 2.85. The minimum absolute atomic E-state index is 0.0583. The first-order valence-corrected chi connectivity index (χ1v) is 8.72. The summed E-state index contributed by atoms with van der Waals surface area (Å²) in [5, 5.41) is 0. The topological polar surface area (TPSA) is 61.8 Å². The molecule has 0 saturated carbocycles. The largest absolute Gasteiger partial charge is 0.496 e. The van der Waals surface area contributed by atoms with Crippen molar-refractivity contribution in [1.82, 2.24) is 0 Å². The molecule has 0 bridgehead atoms. The molecule has 0 N–H and O–H groups in total. The monoisotopic (exact) mass is 356 g/mol. The quantitative estimate of drug-likeness (QED) is 0.492. The lowest BCUT2D eigenvalue weighted by molar-refractivity contribution is 0.0434. The third kappa shape index (κ3) is 5.34. The smallest absolute Gasteiger partial charge is 0.339 e. The summed E-state index contributed by atoms with van der Waals surface area (Å²) in [6, 6.07) is 13.8. The number of hydrogen-bond donors (Lipinski definition) is 0. The summed E-state index contributed by atoms with van der Waals surface area (Å²) < 4.78 is 15.9. The van der Waals surface area contributed by atoms with Crippen LogP contribution in [0, 0.1) is 0 Å². The Kier molecular flexibility index (Phi) is 7.68. The number of para-hydroxylation sites is 1. The van der Waals surface area contributed by atoms with Gasteiger partial charge in [-0.25, -0.2) is 9.59 Å². The van der Waals surface area contributed by atoms with Crippen molar-refractivity contribution < 1.29 is 23.8 Å². The maximum Gasteiger partial charge on any atom is 0.339 e. The van der Waals surface area contributed by atoms with Gasteiger partial charge in [-0.05, 0) is 24.6 Å². The van der Waals surface area contributed by atoms with E-state index in [-0.39, 0.29) is 17.7 Å². The molecule has 0 spiro atoms. The van der Waals surface area contributed by atoms with Crippen LogP contribution in [-0.2, 0) is 16.1 Å². The molecule has 2 rings (SSSR count). The minimum Gasteiger partial charge on any atom is -0.496 e. The zero-order valence-corrected chi connectivity index (χ0v) is 15.2. The van der Waals surface area contributed by atoms with E-state index in [2.05, 4.69) is 6.92 Å². The standard InChI is InChI=1S/C21H24O5/c1-3-4-9-14-25-20(22)17-11-6-7-12-18(17)21(23)26-15-16-10-5-8-13-19(16)24-2/h5-8,10-13H,3-4,9,14-15H2,1-2H3. The Hall–Kier alpha value is -2.82. The molecule has 5 heteroatoms. The Labute approximate surface area is 153 Å². The molecule has 0 saturated heterocycles. The molecule has 0 aliphatic carbocycles. The van der Waals surface area contributed by atoms with Crippen molar-refractivity contribution in [3.05, 3.63) is 65.2 Å². The highest BCUT2D eigenvalue weighted by Gasteiger charge is 2.19. The first kappa shape index (κ1) is 19.5. The van der Waals surface area contributed by atoms with Crippen LogP contribution in [0.4, 0.5) is 0 Å². The van der Waals surface area contributed by atoms with Crippen molar-refractivity contribution in [2.75, 3.05) is 13.7 Å². The van der Waals surface area contributed by atoms with Crippen LogP contribution in [0.5, 0.6) is 5.75 Å². The lowest BCUT2D eigenvalue weighted by atomic mass is 10.1. The summed E-state index contributed by atoms with van der Waals surface area (Å²) in [6.45, 7) is 2.48. The van der Waals surface area contributed by atoms with Crippen LogP contribution in [0.25, 0.3) is 0 Å². The molecule has 2 aromatic carbocycles. The number of unbranched alkanes of at least 4 members (excludes halogenated alkanes) is 2. The van der Waals surface area contributed by atoms with Crippen LogP contribution in [0.3, 0.4) is 0 Å². The van der Waals surface area contributed by atoms with E-state index in [1.165, 1.54) is 0 Å². The maximum absolute atomic E-state index is 12.4. The van der Waals surface area contributed by atoms with Gasteiger partial charge in [0.2, 0.25) is 0 Å². The zero-order chi connectivity index (χ0) is 18.8. The average molecular weight is 356 g/mol. The van der Waals surface area contributed by atoms with E-state index in [0.717, 1.165) is 24.8 Å². The second kappa shape index (κ2) is 10.2. The molecule has 0 amide bonds. The maximum atomic E-state index is 12.4. The summed E-state index contributed by atoms with van der Waals surface area (Å²) in [7, 11) is 1.56. The SMILES string of the molecule is CCCCCOC(=O)c1ccccc1C(=O)OCc1ccccc1OC. The third-order valence-corrected chi connectivity index (χ3v) is 3.90. The fourth-order valence-electron chi connectivity index (χ4n) is 2.48. The van der Waals surface area contributed by atoms with Crippen molar-refractivity contribution >= 4 is 11.9 Å². The fraction of sp³-hybridized carbons (Fsp3) is 0.333. The highest BCUT2D eigenvalue weighted by Crippen LogP contribution is 2.19. The van der Waals surface area contributed by atoms with Gasteiger partial charge in [-0.2, -0.15) is 0 Å². The molecule has 2 aromatic rings.